The van der Waals surface area contributed by atoms with Gasteiger partial charge in [0, 0.05) is 43.7 Å². The predicted octanol–water partition coefficient (Wildman–Crippen LogP) is 2.83. The van der Waals surface area contributed by atoms with Gasteiger partial charge in [-0.05, 0) is 49.9 Å². The first-order valence-corrected chi connectivity index (χ1v) is 9.40. The third-order valence-corrected chi connectivity index (χ3v) is 5.47. The standard InChI is InChI=1S/C20H28N2O3/c1-21(14-16-6-2-3-7-18(16)23)20(25)15-9-11-17(12-10-15)22-13-5-4-8-19(22)24/h9-12,16,18,23H,2-8,13-14H2,1H3. The Morgan fingerprint density at radius 2 is 1.88 bits per heavy atom. The fourth-order valence-electron chi connectivity index (χ4n) is 3.92. The summed E-state index contributed by atoms with van der Waals surface area (Å²) in [6.45, 7) is 1.35. The summed E-state index contributed by atoms with van der Waals surface area (Å²) in [5.41, 5.74) is 1.49. The molecule has 2 fully saturated rings. The Balaban J connectivity index is 1.62. The van der Waals surface area contributed by atoms with E-state index in [4.69, 9.17) is 0 Å². The quantitative estimate of drug-likeness (QED) is 0.914. The smallest absolute Gasteiger partial charge is 0.253 e. The molecule has 2 unspecified atom stereocenters. The van der Waals surface area contributed by atoms with Gasteiger partial charge >= 0.3 is 0 Å². The Bertz CT molecular complexity index is 614. The number of hydrogen-bond donors (Lipinski definition) is 1. The molecule has 1 aliphatic heterocycles. The van der Waals surface area contributed by atoms with Crippen molar-refractivity contribution in [3.05, 3.63) is 29.8 Å². The summed E-state index contributed by atoms with van der Waals surface area (Å²) < 4.78 is 0. The van der Waals surface area contributed by atoms with Crippen LogP contribution in [0.25, 0.3) is 0 Å². The number of amides is 2. The van der Waals surface area contributed by atoms with Crippen LogP contribution >= 0.6 is 0 Å². The molecule has 0 radical (unpaired) electrons. The highest BCUT2D eigenvalue weighted by atomic mass is 16.3. The van der Waals surface area contributed by atoms with E-state index in [9.17, 15) is 14.7 Å². The van der Waals surface area contributed by atoms with Gasteiger partial charge in [-0.2, -0.15) is 0 Å². The van der Waals surface area contributed by atoms with E-state index in [1.165, 1.54) is 0 Å². The van der Waals surface area contributed by atoms with Gasteiger partial charge in [-0.25, -0.2) is 0 Å². The summed E-state index contributed by atoms with van der Waals surface area (Å²) in [5, 5.41) is 10.1. The molecule has 5 nitrogen and oxygen atoms in total. The van der Waals surface area contributed by atoms with E-state index in [-0.39, 0.29) is 23.8 Å². The molecule has 1 saturated heterocycles. The molecule has 2 aliphatic rings. The topological polar surface area (TPSA) is 60.9 Å². The van der Waals surface area contributed by atoms with Gasteiger partial charge in [-0.15, -0.1) is 0 Å². The van der Waals surface area contributed by atoms with Crippen molar-refractivity contribution >= 4 is 17.5 Å². The van der Waals surface area contributed by atoms with E-state index < -0.39 is 0 Å². The Labute approximate surface area is 149 Å². The summed E-state index contributed by atoms with van der Waals surface area (Å²) in [7, 11) is 1.80. The maximum Gasteiger partial charge on any atom is 0.253 e. The number of anilines is 1. The normalized spacial score (nSPS) is 24.2. The number of aliphatic hydroxyl groups excluding tert-OH is 1. The molecule has 3 rings (SSSR count). The maximum absolute atomic E-state index is 12.6. The van der Waals surface area contributed by atoms with Gasteiger partial charge in [0.15, 0.2) is 0 Å². The van der Waals surface area contributed by atoms with Crippen molar-refractivity contribution in [1.29, 1.82) is 0 Å². The monoisotopic (exact) mass is 344 g/mol. The highest BCUT2D eigenvalue weighted by Crippen LogP contribution is 2.26. The van der Waals surface area contributed by atoms with Gasteiger partial charge in [0.25, 0.3) is 5.91 Å². The first-order chi connectivity index (χ1) is 12.1. The zero-order valence-corrected chi connectivity index (χ0v) is 15.0. The third kappa shape index (κ3) is 4.21. The van der Waals surface area contributed by atoms with Gasteiger partial charge < -0.3 is 14.9 Å². The van der Waals surface area contributed by atoms with E-state index in [1.54, 1.807) is 29.0 Å². The summed E-state index contributed by atoms with van der Waals surface area (Å²) >= 11 is 0. The summed E-state index contributed by atoms with van der Waals surface area (Å²) in [6.07, 6.45) is 6.32. The lowest BCUT2D eigenvalue weighted by Crippen LogP contribution is -2.38. The van der Waals surface area contributed by atoms with Crippen LogP contribution in [-0.4, -0.2) is 48.1 Å². The van der Waals surface area contributed by atoms with Crippen LogP contribution in [-0.2, 0) is 4.79 Å². The van der Waals surface area contributed by atoms with E-state index in [1.807, 2.05) is 12.1 Å². The molecular formula is C20H28N2O3. The van der Waals surface area contributed by atoms with Gasteiger partial charge in [-0.3, -0.25) is 9.59 Å². The highest BCUT2D eigenvalue weighted by Gasteiger charge is 2.26. The number of rotatable bonds is 4. The Morgan fingerprint density at radius 3 is 2.56 bits per heavy atom. The second kappa shape index (κ2) is 8.00. The lowest BCUT2D eigenvalue weighted by atomic mass is 9.86. The minimum atomic E-state index is -0.295. The van der Waals surface area contributed by atoms with Crippen LogP contribution in [0.4, 0.5) is 5.69 Å². The maximum atomic E-state index is 12.6. The predicted molar refractivity (Wildman–Crippen MR) is 97.6 cm³/mol. The van der Waals surface area contributed by atoms with Crippen LogP contribution in [0.2, 0.25) is 0 Å². The zero-order valence-electron chi connectivity index (χ0n) is 15.0. The van der Waals surface area contributed by atoms with E-state index >= 15 is 0 Å². The van der Waals surface area contributed by atoms with Crippen LogP contribution < -0.4 is 4.90 Å². The van der Waals surface area contributed by atoms with E-state index in [2.05, 4.69) is 0 Å². The van der Waals surface area contributed by atoms with Gasteiger partial charge in [0.2, 0.25) is 5.91 Å². The van der Waals surface area contributed by atoms with Gasteiger partial charge in [-0.1, -0.05) is 12.8 Å². The van der Waals surface area contributed by atoms with Crippen molar-refractivity contribution in [2.45, 2.75) is 51.0 Å². The van der Waals surface area contributed by atoms with Crippen LogP contribution in [0.5, 0.6) is 0 Å². The number of hydrogen-bond acceptors (Lipinski definition) is 3. The minimum Gasteiger partial charge on any atom is -0.393 e. The van der Waals surface area contributed by atoms with Crippen molar-refractivity contribution in [2.75, 3.05) is 25.0 Å². The summed E-state index contributed by atoms with van der Waals surface area (Å²) in [4.78, 5) is 28.2. The number of nitrogens with zero attached hydrogens (tertiary/aromatic N) is 2. The molecule has 0 bridgehead atoms. The Hall–Kier alpha value is -1.88. The van der Waals surface area contributed by atoms with Crippen molar-refractivity contribution < 1.29 is 14.7 Å². The van der Waals surface area contributed by atoms with Crippen molar-refractivity contribution in [3.63, 3.8) is 0 Å². The fraction of sp³-hybridized carbons (Fsp3) is 0.600. The number of carbonyl (C=O) groups excluding carboxylic acids is 2. The van der Waals surface area contributed by atoms with Gasteiger partial charge in [0.1, 0.15) is 0 Å². The summed E-state index contributed by atoms with van der Waals surface area (Å²) in [5.74, 6) is 0.302. The SMILES string of the molecule is CN(CC1CCCCC1O)C(=O)c1ccc(N2CCCCC2=O)cc1. The van der Waals surface area contributed by atoms with Crippen LogP contribution in [0.15, 0.2) is 24.3 Å². The molecular weight excluding hydrogens is 316 g/mol. The molecule has 2 atom stereocenters. The van der Waals surface area contributed by atoms with E-state index in [0.29, 0.717) is 18.5 Å². The first kappa shape index (κ1) is 17.9. The fourth-order valence-corrected chi connectivity index (χ4v) is 3.92. The Morgan fingerprint density at radius 1 is 1.16 bits per heavy atom. The highest BCUT2D eigenvalue weighted by molar-refractivity contribution is 5.96. The molecule has 0 spiro atoms. The molecule has 25 heavy (non-hydrogen) atoms. The lowest BCUT2D eigenvalue weighted by molar-refractivity contribution is -0.119. The van der Waals surface area contributed by atoms with Crippen LogP contribution in [0.1, 0.15) is 55.3 Å². The average molecular weight is 344 g/mol. The number of aliphatic hydroxyl groups is 1. The summed E-state index contributed by atoms with van der Waals surface area (Å²) in [6, 6.07) is 7.32. The molecule has 2 amide bonds. The van der Waals surface area contributed by atoms with Crippen molar-refractivity contribution in [1.82, 2.24) is 4.90 Å². The second-order valence-corrected chi connectivity index (χ2v) is 7.35. The molecule has 1 heterocycles. The molecule has 136 valence electrons. The molecule has 1 aliphatic carbocycles. The first-order valence-electron chi connectivity index (χ1n) is 9.40. The van der Waals surface area contributed by atoms with Crippen molar-refractivity contribution in [2.24, 2.45) is 5.92 Å². The molecule has 1 aromatic rings. The largest absolute Gasteiger partial charge is 0.393 e. The second-order valence-electron chi connectivity index (χ2n) is 7.35. The molecule has 1 N–H and O–H groups in total. The zero-order chi connectivity index (χ0) is 17.8. The third-order valence-electron chi connectivity index (χ3n) is 5.47. The molecule has 0 aromatic heterocycles. The van der Waals surface area contributed by atoms with Crippen molar-refractivity contribution in [3.8, 4) is 0 Å². The number of benzene rings is 1. The average Bonchev–Trinajstić information content (AvgIpc) is 2.63. The Kier molecular flexibility index (Phi) is 5.74. The molecule has 5 heteroatoms. The lowest BCUT2D eigenvalue weighted by Gasteiger charge is -2.31. The number of piperidine rings is 1. The van der Waals surface area contributed by atoms with Gasteiger partial charge in [0.05, 0.1) is 6.10 Å². The van der Waals surface area contributed by atoms with Crippen LogP contribution in [0, 0.1) is 5.92 Å². The van der Waals surface area contributed by atoms with Crippen LogP contribution in [0.3, 0.4) is 0 Å². The molecule has 1 aromatic carbocycles. The van der Waals surface area contributed by atoms with E-state index in [0.717, 1.165) is 50.8 Å². The minimum absolute atomic E-state index is 0.0331. The molecule has 1 saturated carbocycles. The number of carbonyl (C=O) groups is 2.